The van der Waals surface area contributed by atoms with Gasteiger partial charge in [-0.1, -0.05) is 220 Å². The minimum absolute atomic E-state index is 0. The van der Waals surface area contributed by atoms with Crippen molar-refractivity contribution in [2.75, 3.05) is 54.1 Å². The molecule has 24 heteroatoms. The summed E-state index contributed by atoms with van der Waals surface area (Å²) in [4.78, 5) is 59.0. The molecule has 0 aliphatic carbocycles. The van der Waals surface area contributed by atoms with Crippen molar-refractivity contribution in [3.05, 3.63) is 0 Å². The van der Waals surface area contributed by atoms with Crippen LogP contribution in [-0.4, -0.2) is 77.3 Å². The van der Waals surface area contributed by atoms with Crippen LogP contribution in [0, 0.1) is 0 Å². The zero-order valence-corrected chi connectivity index (χ0v) is 53.6. The van der Waals surface area contributed by atoms with Gasteiger partial charge in [-0.15, -0.1) is 13.0 Å². The van der Waals surface area contributed by atoms with E-state index in [4.69, 9.17) is 26.9 Å². The number of carbonyl (C=O) groups excluding carboxylic acids is 4. The van der Waals surface area contributed by atoms with Gasteiger partial charge in [-0.2, -0.15) is 0 Å². The topological polar surface area (TPSA) is 324 Å². The van der Waals surface area contributed by atoms with Crippen LogP contribution in [0.2, 0.25) is 0 Å². The predicted octanol–water partition coefficient (Wildman–Crippen LogP) is 14.2. The predicted molar refractivity (Wildman–Crippen MR) is 324 cm³/mol. The second kappa shape index (κ2) is 236. The summed E-state index contributed by atoms with van der Waals surface area (Å²) in [6.07, 6.45) is 7.58. The fraction of sp³-hybridized carbons (Fsp3) is 0.895. The smallest absolute Gasteiger partial charge is 0.143 e. The Hall–Kier alpha value is 2.13. The third kappa shape index (κ3) is 892. The van der Waals surface area contributed by atoms with E-state index in [1.165, 1.54) is 67.3 Å². The highest BCUT2D eigenvalue weighted by molar-refractivity contribution is 14.1. The number of hydrogen-bond acceptors (Lipinski definition) is 20. The molecule has 62 heavy (non-hydrogen) atoms. The molecule has 0 aliphatic rings. The zero-order valence-electron chi connectivity index (χ0n) is 42.5. The number of halogens is 4. The molecule has 0 saturated heterocycles. The summed E-state index contributed by atoms with van der Waals surface area (Å²) in [5, 5.41) is 14.1. The quantitative estimate of drug-likeness (QED) is 0.0267. The Balaban J connectivity index is -0.0000000170. The Morgan fingerprint density at radius 1 is 0.387 bits per heavy atom. The first-order chi connectivity index (χ1) is 27.4. The molecule has 0 aromatic carbocycles. The minimum atomic E-state index is 0. The number of alkyl halides is 4. The lowest BCUT2D eigenvalue weighted by molar-refractivity contribution is -0.160. The minimum Gasteiger partial charge on any atom is -0.344 e. The van der Waals surface area contributed by atoms with Crippen LogP contribution in [0.3, 0.4) is 0 Å². The fourth-order valence-corrected chi connectivity index (χ4v) is 0.354. The Morgan fingerprint density at radius 2 is 0.468 bits per heavy atom. The van der Waals surface area contributed by atoms with Gasteiger partial charge in [-0.05, 0) is 47.4 Å². The van der Waals surface area contributed by atoms with Crippen molar-refractivity contribution in [3.8, 4) is 0 Å². The lowest BCUT2D eigenvalue weighted by atomic mass is 10.4. The maximum atomic E-state index is 9.81. The van der Waals surface area contributed by atoms with Crippen molar-refractivity contribution in [1.29, 1.82) is 0 Å². The van der Waals surface area contributed by atoms with Crippen LogP contribution in [0.1, 0.15) is 171 Å². The molecule has 0 heterocycles. The number of ketones is 4. The van der Waals surface area contributed by atoms with Crippen LogP contribution in [-0.2, 0) is 46.8 Å². The van der Waals surface area contributed by atoms with E-state index in [0.717, 1.165) is 0 Å². The van der Waals surface area contributed by atoms with Crippen molar-refractivity contribution in [2.24, 2.45) is 26.9 Å². The summed E-state index contributed by atoms with van der Waals surface area (Å²) in [6.45, 7) is 31.4. The van der Waals surface area contributed by atoms with Crippen molar-refractivity contribution in [3.63, 3.8) is 0 Å². The summed E-state index contributed by atoms with van der Waals surface area (Å²) >= 11 is 10.6. The summed E-state index contributed by atoms with van der Waals surface area (Å²) in [5.41, 5.74) is 9.64. The molecular weight excluding hydrogens is 1320 g/mol. The van der Waals surface area contributed by atoms with Crippen LogP contribution in [0.15, 0.2) is 0 Å². The first kappa shape index (κ1) is 131. The normalized spacial score (nSPS) is 6.32. The van der Waals surface area contributed by atoms with Crippen molar-refractivity contribution >= 4 is 150 Å². The van der Waals surface area contributed by atoms with Crippen LogP contribution in [0.5, 0.6) is 0 Å². The molecule has 0 atom stereocenters. The first-order valence-electron chi connectivity index (χ1n) is 18.0. The zero-order chi connectivity index (χ0) is 51.0. The highest BCUT2D eigenvalue weighted by Crippen LogP contribution is 1.85. The van der Waals surface area contributed by atoms with Gasteiger partial charge in [0.25, 0.3) is 0 Å². The lowest BCUT2D eigenvalue weighted by Gasteiger charge is -1.83. The molecule has 0 saturated carbocycles. The number of Topliss-reactive ketones (excluding diaryl/α,β-unsaturated/α-hetero) is 4. The standard InChI is InChI=1S/2C4H8O.2C3H7NO.5C3H8.4CH3I.3CH5NO2S.2CH4.2H3N/c2*1-3-4(2)5;2*1-3(5)2-4;5*1-3-2;4*1-2;3*1-3-4-5-2;;;;/h2*3H2,1-2H3;2*2,4H2,1H3;5*3H2,1-2H3;4*1H3;3*2H2,1H3;2*1H4;2*1H3. The van der Waals surface area contributed by atoms with Crippen LogP contribution in [0.25, 0.3) is 0 Å². The molecule has 0 aliphatic heterocycles. The molecule has 0 aromatic heterocycles. The Morgan fingerprint density at radius 3 is 0.468 bits per heavy atom. The first-order valence-corrected chi connectivity index (χ1v) is 29.0. The number of carbonyl (C=O) groups is 4. The monoisotopic (exact) mass is 1430 g/mol. The van der Waals surface area contributed by atoms with Gasteiger partial charge in [0.05, 0.1) is 34.4 Å². The molecule has 0 fully saturated rings. The Bertz CT molecular complexity index is 453. The molecule has 16 N–H and O–H groups in total. The van der Waals surface area contributed by atoms with Crippen molar-refractivity contribution in [1.82, 2.24) is 12.3 Å². The van der Waals surface area contributed by atoms with Crippen LogP contribution < -0.4 is 39.2 Å². The third-order valence-corrected chi connectivity index (χ3v) is 2.54. The Kier molecular flexibility index (Phi) is 500. The fourth-order valence-electron chi connectivity index (χ4n) is 0.118. The highest BCUT2D eigenvalue weighted by Gasteiger charge is 1.78. The average molecular weight is 1430 g/mol. The molecule has 17 nitrogen and oxygen atoms in total. The maximum absolute atomic E-state index is 9.81. The second-order valence-electron chi connectivity index (χ2n) is 8.45. The molecule has 0 radical (unpaired) electrons. The Labute approximate surface area is 456 Å². The molecule has 404 valence electrons. The van der Waals surface area contributed by atoms with Gasteiger partial charge < -0.3 is 33.4 Å². The molecule has 0 amide bonds. The van der Waals surface area contributed by atoms with Gasteiger partial charge in [0.1, 0.15) is 59.8 Å². The lowest BCUT2D eigenvalue weighted by Crippen LogP contribution is -2.07. The van der Waals surface area contributed by atoms with Gasteiger partial charge in [-0.25, -0.2) is 14.7 Å². The van der Waals surface area contributed by atoms with E-state index in [1.807, 2.05) is 33.6 Å². The van der Waals surface area contributed by atoms with E-state index >= 15 is 0 Å². The van der Waals surface area contributed by atoms with Gasteiger partial charge >= 0.3 is 0 Å². The van der Waals surface area contributed by atoms with Gasteiger partial charge in [0.15, 0.2) is 0 Å². The van der Waals surface area contributed by atoms with Crippen molar-refractivity contribution in [2.45, 2.75) is 171 Å². The molecule has 0 bridgehead atoms. The number of hydrogen-bond donors (Lipinski definition) is 7. The highest BCUT2D eigenvalue weighted by atomic mass is 127. The number of rotatable bonds is 10. The summed E-state index contributed by atoms with van der Waals surface area (Å²) < 4.78 is 12.1. The van der Waals surface area contributed by atoms with E-state index < -0.39 is 0 Å². The SMILES string of the molecule is C.C.CC(=O)CN.CC(=O)CN.CCC.CCC.CCC.CCC.CCC.CCC(C)=O.CCC(C)=O.CI.CI.CI.CI.COOSN.COOSN.COOSN.N.N. The average Bonchev–Trinajstić information content (AvgIpc) is 3.22. The summed E-state index contributed by atoms with van der Waals surface area (Å²) in [5.74, 6) is 0.574. The largest absolute Gasteiger partial charge is 0.344 e. The second-order valence-corrected chi connectivity index (χ2v) is 9.44. The van der Waals surface area contributed by atoms with E-state index in [2.05, 4.69) is 187 Å². The number of nitrogens with two attached hydrogens (primary N) is 5. The molecule has 0 aromatic rings. The van der Waals surface area contributed by atoms with E-state index in [1.54, 1.807) is 13.8 Å². The maximum Gasteiger partial charge on any atom is 0.143 e. The van der Waals surface area contributed by atoms with Crippen LogP contribution >= 0.6 is 127 Å². The molecule has 0 spiro atoms. The molecule has 0 rings (SSSR count). The summed E-state index contributed by atoms with van der Waals surface area (Å²) in [7, 11) is 4.17. The van der Waals surface area contributed by atoms with Gasteiger partial charge in [0.2, 0.25) is 0 Å². The van der Waals surface area contributed by atoms with Crippen LogP contribution in [0.4, 0.5) is 0 Å². The van der Waals surface area contributed by atoms with Gasteiger partial charge in [-0.3, -0.25) is 25.0 Å². The van der Waals surface area contributed by atoms with E-state index in [-0.39, 0.29) is 63.4 Å². The van der Waals surface area contributed by atoms with Gasteiger partial charge in [0, 0.05) is 12.8 Å². The third-order valence-electron chi connectivity index (χ3n) is 1.89. The summed E-state index contributed by atoms with van der Waals surface area (Å²) in [6, 6.07) is 0. The van der Waals surface area contributed by atoms with E-state index in [9.17, 15) is 19.2 Å². The molecular formula is C38H111I4N7O10S3. The van der Waals surface area contributed by atoms with E-state index in [0.29, 0.717) is 49.5 Å². The molecule has 0 unspecified atom stereocenters. The van der Waals surface area contributed by atoms with Crippen molar-refractivity contribution < 1.29 is 46.8 Å².